The summed E-state index contributed by atoms with van der Waals surface area (Å²) in [5.74, 6) is 0.0864. The molecule has 0 bridgehead atoms. The van der Waals surface area contributed by atoms with Crippen LogP contribution in [0.15, 0.2) is 59.6 Å². The summed E-state index contributed by atoms with van der Waals surface area (Å²) in [4.78, 5) is 15.6. The Kier molecular flexibility index (Phi) is 6.01. The van der Waals surface area contributed by atoms with Crippen molar-refractivity contribution in [3.63, 3.8) is 0 Å². The van der Waals surface area contributed by atoms with Crippen LogP contribution in [0.5, 0.6) is 0 Å². The van der Waals surface area contributed by atoms with Gasteiger partial charge in [-0.1, -0.05) is 37.1 Å². The Bertz CT molecular complexity index is 1270. The quantitative estimate of drug-likeness (QED) is 0.575. The molecule has 0 aliphatic carbocycles. The van der Waals surface area contributed by atoms with Gasteiger partial charge in [0.25, 0.3) is 0 Å². The van der Waals surface area contributed by atoms with Crippen LogP contribution in [0.4, 0.5) is 0 Å². The first-order chi connectivity index (χ1) is 15.9. The second kappa shape index (κ2) is 8.95. The van der Waals surface area contributed by atoms with E-state index < -0.39 is 10.0 Å². The van der Waals surface area contributed by atoms with Gasteiger partial charge in [-0.3, -0.25) is 4.79 Å². The van der Waals surface area contributed by atoms with E-state index in [1.54, 1.807) is 16.4 Å². The van der Waals surface area contributed by atoms with E-state index in [0.29, 0.717) is 24.5 Å². The lowest BCUT2D eigenvalue weighted by Crippen LogP contribution is -2.39. The van der Waals surface area contributed by atoms with Gasteiger partial charge in [0, 0.05) is 43.3 Å². The number of hydrogen-bond acceptors (Lipinski definition) is 3. The minimum atomic E-state index is -3.50. The van der Waals surface area contributed by atoms with Crippen LogP contribution in [0.2, 0.25) is 0 Å². The monoisotopic (exact) mass is 465 g/mol. The first-order valence-corrected chi connectivity index (χ1v) is 13.4. The smallest absolute Gasteiger partial charge is 0.245 e. The normalized spacial score (nSPS) is 18.6. The Morgan fingerprint density at radius 2 is 1.64 bits per heavy atom. The van der Waals surface area contributed by atoms with E-state index in [4.69, 9.17) is 0 Å². The van der Waals surface area contributed by atoms with E-state index in [9.17, 15) is 13.2 Å². The summed E-state index contributed by atoms with van der Waals surface area (Å²) in [6.45, 7) is 4.45. The van der Waals surface area contributed by atoms with Crippen LogP contribution in [0.1, 0.15) is 49.8 Å². The summed E-state index contributed by atoms with van der Waals surface area (Å²) < 4.78 is 30.0. The molecule has 1 fully saturated rings. The van der Waals surface area contributed by atoms with Crippen molar-refractivity contribution in [1.82, 2.24) is 13.8 Å². The summed E-state index contributed by atoms with van der Waals surface area (Å²) in [5.41, 5.74) is 3.41. The first kappa shape index (κ1) is 22.2. The Morgan fingerprint density at radius 3 is 2.39 bits per heavy atom. The third-order valence-corrected chi connectivity index (χ3v) is 9.01. The third kappa shape index (κ3) is 4.20. The Labute approximate surface area is 195 Å². The highest BCUT2D eigenvalue weighted by Gasteiger charge is 2.28. The van der Waals surface area contributed by atoms with Crippen LogP contribution in [0.25, 0.3) is 10.9 Å². The second-order valence-electron chi connectivity index (χ2n) is 9.22. The fourth-order valence-electron chi connectivity index (χ4n) is 5.14. The second-order valence-corrected chi connectivity index (χ2v) is 11.2. The zero-order chi connectivity index (χ0) is 23.0. The average Bonchev–Trinajstić information content (AvgIpc) is 3.06. The van der Waals surface area contributed by atoms with Crippen molar-refractivity contribution in [1.29, 1.82) is 0 Å². The van der Waals surface area contributed by atoms with Gasteiger partial charge in [0.2, 0.25) is 15.9 Å². The molecule has 0 radical (unpaired) electrons. The van der Waals surface area contributed by atoms with E-state index >= 15 is 0 Å². The number of sulfonamides is 1. The number of fused-ring (bicyclic) bond motifs is 2. The summed E-state index contributed by atoms with van der Waals surface area (Å²) >= 11 is 0. The standard InChI is InChI=1S/C26H31N3O3S/c1-20(26(30)27-16-12-21-8-4-5-9-23(21)19-27)29-17-13-22-18-24(10-11-25(22)29)33(31,32)28-14-6-2-3-7-15-28/h4-5,8-11,13,17-18,20H,2-3,6-7,12,14-16,19H2,1H3/t20-/m1/s1. The van der Waals surface area contributed by atoms with Gasteiger partial charge >= 0.3 is 0 Å². The highest BCUT2D eigenvalue weighted by atomic mass is 32.2. The number of hydrogen-bond donors (Lipinski definition) is 0. The maximum atomic E-state index is 13.3. The number of benzene rings is 2. The average molecular weight is 466 g/mol. The maximum absolute atomic E-state index is 13.3. The fraction of sp³-hybridized carbons (Fsp3) is 0.423. The Hall–Kier alpha value is -2.64. The number of nitrogens with zero attached hydrogens (tertiary/aromatic N) is 3. The molecule has 7 heteroatoms. The largest absolute Gasteiger partial charge is 0.336 e. The lowest BCUT2D eigenvalue weighted by atomic mass is 9.99. The van der Waals surface area contributed by atoms with Crippen LogP contribution in [-0.4, -0.2) is 47.7 Å². The summed E-state index contributed by atoms with van der Waals surface area (Å²) in [6, 6.07) is 15.1. The summed E-state index contributed by atoms with van der Waals surface area (Å²) in [7, 11) is -3.50. The Balaban J connectivity index is 1.38. The molecule has 1 atom stereocenters. The third-order valence-electron chi connectivity index (χ3n) is 7.11. The molecule has 33 heavy (non-hydrogen) atoms. The number of carbonyl (C=O) groups excluding carboxylic acids is 1. The molecule has 0 N–H and O–H groups in total. The van der Waals surface area contributed by atoms with E-state index in [-0.39, 0.29) is 11.9 Å². The van der Waals surface area contributed by atoms with E-state index in [2.05, 4.69) is 12.1 Å². The lowest BCUT2D eigenvalue weighted by Gasteiger charge is -2.31. The lowest BCUT2D eigenvalue weighted by molar-refractivity contribution is -0.135. The summed E-state index contributed by atoms with van der Waals surface area (Å²) in [5, 5.41) is 0.842. The minimum absolute atomic E-state index is 0.0864. The number of carbonyl (C=O) groups is 1. The molecule has 2 aliphatic rings. The first-order valence-electron chi connectivity index (χ1n) is 11.9. The molecule has 1 saturated heterocycles. The molecule has 174 valence electrons. The van der Waals surface area contributed by atoms with Crippen molar-refractivity contribution in [3.8, 4) is 0 Å². The van der Waals surface area contributed by atoms with Gasteiger partial charge in [-0.2, -0.15) is 4.31 Å². The van der Waals surface area contributed by atoms with Gasteiger partial charge in [0.1, 0.15) is 6.04 Å². The molecule has 2 aromatic carbocycles. The molecule has 2 aliphatic heterocycles. The van der Waals surface area contributed by atoms with Crippen molar-refractivity contribution in [2.75, 3.05) is 19.6 Å². The topological polar surface area (TPSA) is 62.6 Å². The molecule has 1 aromatic heterocycles. The predicted molar refractivity (Wildman–Crippen MR) is 129 cm³/mol. The van der Waals surface area contributed by atoms with E-state index in [0.717, 1.165) is 49.6 Å². The fourth-order valence-corrected chi connectivity index (χ4v) is 6.69. The van der Waals surface area contributed by atoms with Crippen molar-refractivity contribution in [2.24, 2.45) is 0 Å². The van der Waals surface area contributed by atoms with Gasteiger partial charge in [-0.25, -0.2) is 8.42 Å². The molecular formula is C26H31N3O3S. The molecule has 6 nitrogen and oxygen atoms in total. The van der Waals surface area contributed by atoms with Crippen LogP contribution in [0.3, 0.4) is 0 Å². The number of amides is 1. The van der Waals surface area contributed by atoms with Crippen molar-refractivity contribution < 1.29 is 13.2 Å². The highest BCUT2D eigenvalue weighted by molar-refractivity contribution is 7.89. The zero-order valence-electron chi connectivity index (χ0n) is 19.1. The van der Waals surface area contributed by atoms with Crippen molar-refractivity contribution in [3.05, 3.63) is 65.9 Å². The summed E-state index contributed by atoms with van der Waals surface area (Å²) in [6.07, 6.45) is 6.77. The Morgan fingerprint density at radius 1 is 0.909 bits per heavy atom. The van der Waals surface area contributed by atoms with Gasteiger partial charge < -0.3 is 9.47 Å². The molecule has 0 spiro atoms. The molecule has 0 saturated carbocycles. The number of aromatic nitrogens is 1. The van der Waals surface area contributed by atoms with Gasteiger partial charge in [0.05, 0.1) is 4.90 Å². The van der Waals surface area contributed by atoms with Crippen LogP contribution in [0, 0.1) is 0 Å². The van der Waals surface area contributed by atoms with Crippen molar-refractivity contribution >= 4 is 26.8 Å². The maximum Gasteiger partial charge on any atom is 0.245 e. The SMILES string of the molecule is C[C@H](C(=O)N1CCc2ccccc2C1)n1ccc2cc(S(=O)(=O)N3CCCCCC3)ccc21. The van der Waals surface area contributed by atoms with Crippen molar-refractivity contribution in [2.45, 2.75) is 56.5 Å². The molecule has 5 rings (SSSR count). The van der Waals surface area contributed by atoms with Gasteiger partial charge in [-0.05, 0) is 61.6 Å². The molecule has 3 aromatic rings. The minimum Gasteiger partial charge on any atom is -0.336 e. The molecular weight excluding hydrogens is 434 g/mol. The molecule has 0 unspecified atom stereocenters. The van der Waals surface area contributed by atoms with Crippen LogP contribution >= 0.6 is 0 Å². The van der Waals surface area contributed by atoms with E-state index in [1.807, 2.05) is 46.9 Å². The van der Waals surface area contributed by atoms with Gasteiger partial charge in [0.15, 0.2) is 0 Å². The molecule has 1 amide bonds. The van der Waals surface area contributed by atoms with Crippen LogP contribution < -0.4 is 0 Å². The highest BCUT2D eigenvalue weighted by Crippen LogP contribution is 2.28. The van der Waals surface area contributed by atoms with Gasteiger partial charge in [-0.15, -0.1) is 0 Å². The van der Waals surface area contributed by atoms with Crippen LogP contribution in [-0.2, 0) is 27.8 Å². The number of rotatable bonds is 4. The predicted octanol–water partition coefficient (Wildman–Crippen LogP) is 4.35. The molecule has 3 heterocycles. The zero-order valence-corrected chi connectivity index (χ0v) is 19.9. The van der Waals surface area contributed by atoms with E-state index in [1.165, 1.54) is 11.1 Å².